The highest BCUT2D eigenvalue weighted by Crippen LogP contribution is 2.30. The number of nitrogens with one attached hydrogen (secondary N) is 1. The van der Waals surface area contributed by atoms with Gasteiger partial charge in [-0.2, -0.15) is 0 Å². The number of hydrogen-bond acceptors (Lipinski definition) is 2. The number of para-hydroxylation sites is 1. The Kier molecular flexibility index (Phi) is 3.39. The Morgan fingerprint density at radius 1 is 1.44 bits per heavy atom. The number of H-pyrrole nitrogens is 1. The van der Waals surface area contributed by atoms with Crippen LogP contribution in [-0.2, 0) is 4.79 Å². The number of rotatable bonds is 3. The van der Waals surface area contributed by atoms with Gasteiger partial charge in [0.05, 0.1) is 5.69 Å². The summed E-state index contributed by atoms with van der Waals surface area (Å²) < 4.78 is 0. The molecule has 3 N–H and O–H groups in total. The summed E-state index contributed by atoms with van der Waals surface area (Å²) in [6.07, 6.45) is 0. The molecule has 1 heterocycles. The number of hydrogen-bond donors (Lipinski definition) is 2. The van der Waals surface area contributed by atoms with Crippen molar-refractivity contribution in [3.8, 4) is 0 Å². The van der Waals surface area contributed by atoms with Gasteiger partial charge in [-0.3, -0.25) is 4.79 Å². The van der Waals surface area contributed by atoms with Gasteiger partial charge in [-0.25, -0.2) is 0 Å². The number of carbonyl (C=O) groups excluding carboxylic acids is 1. The Labute approximate surface area is 107 Å². The molecular weight excluding hydrogens is 226 g/mol. The van der Waals surface area contributed by atoms with Crippen molar-refractivity contribution in [3.05, 3.63) is 30.0 Å². The Hall–Kier alpha value is -1.81. The minimum atomic E-state index is -0.164. The topological polar surface area (TPSA) is 62.1 Å². The normalized spacial score (nSPS) is 12.7. The minimum absolute atomic E-state index is 0.0466. The molecule has 0 radical (unpaired) electrons. The molecule has 1 amide bonds. The van der Waals surface area contributed by atoms with Crippen LogP contribution in [0.4, 0.5) is 5.69 Å². The van der Waals surface area contributed by atoms with E-state index in [0.717, 1.165) is 22.3 Å². The summed E-state index contributed by atoms with van der Waals surface area (Å²) >= 11 is 0. The summed E-state index contributed by atoms with van der Waals surface area (Å²) in [5.74, 6) is -0.117. The molecule has 0 saturated carbocycles. The summed E-state index contributed by atoms with van der Waals surface area (Å²) in [4.78, 5) is 17.2. The highest BCUT2D eigenvalue weighted by atomic mass is 16.2. The number of amides is 1. The van der Waals surface area contributed by atoms with Crippen molar-refractivity contribution in [2.75, 3.05) is 18.5 Å². The van der Waals surface area contributed by atoms with Crippen LogP contribution in [-0.4, -0.2) is 24.5 Å². The van der Waals surface area contributed by atoms with Crippen molar-refractivity contribution >= 4 is 22.5 Å². The number of carbonyl (C=O) groups is 1. The zero-order valence-electron chi connectivity index (χ0n) is 11.0. The number of nitrogens with zero attached hydrogens (tertiary/aromatic N) is 1. The van der Waals surface area contributed by atoms with Crippen molar-refractivity contribution in [3.63, 3.8) is 0 Å². The molecule has 1 atom stereocenters. The van der Waals surface area contributed by atoms with E-state index in [2.05, 4.69) is 4.98 Å². The summed E-state index contributed by atoms with van der Waals surface area (Å²) in [6.45, 7) is 4.19. The van der Waals surface area contributed by atoms with Crippen molar-refractivity contribution in [1.29, 1.82) is 0 Å². The molecule has 4 heteroatoms. The first-order valence-corrected chi connectivity index (χ1v) is 6.11. The smallest absolute Gasteiger partial charge is 0.230 e. The predicted octanol–water partition coefficient (Wildman–Crippen LogP) is 2.03. The van der Waals surface area contributed by atoms with Crippen molar-refractivity contribution < 1.29 is 4.79 Å². The van der Waals surface area contributed by atoms with Gasteiger partial charge in [0.1, 0.15) is 0 Å². The highest BCUT2D eigenvalue weighted by molar-refractivity contribution is 6.04. The second kappa shape index (κ2) is 4.82. The number of aromatic amines is 1. The highest BCUT2D eigenvalue weighted by Gasteiger charge is 2.21. The van der Waals surface area contributed by atoms with E-state index in [4.69, 9.17) is 5.73 Å². The Morgan fingerprint density at radius 3 is 2.78 bits per heavy atom. The molecule has 0 saturated heterocycles. The fourth-order valence-corrected chi connectivity index (χ4v) is 2.24. The van der Waals surface area contributed by atoms with Crippen LogP contribution in [0, 0.1) is 12.8 Å². The maximum atomic E-state index is 12.2. The molecule has 96 valence electrons. The van der Waals surface area contributed by atoms with E-state index in [1.807, 2.05) is 38.1 Å². The lowest BCUT2D eigenvalue weighted by Gasteiger charge is -2.21. The van der Waals surface area contributed by atoms with Gasteiger partial charge in [-0.1, -0.05) is 25.1 Å². The van der Waals surface area contributed by atoms with E-state index in [-0.39, 0.29) is 11.8 Å². The molecule has 2 rings (SSSR count). The Bertz CT molecular complexity index is 573. The van der Waals surface area contributed by atoms with Crippen LogP contribution in [0.3, 0.4) is 0 Å². The maximum absolute atomic E-state index is 12.2. The van der Waals surface area contributed by atoms with Crippen LogP contribution in [0.15, 0.2) is 24.3 Å². The monoisotopic (exact) mass is 245 g/mol. The van der Waals surface area contributed by atoms with Crippen LogP contribution in [0.5, 0.6) is 0 Å². The summed E-state index contributed by atoms with van der Waals surface area (Å²) in [5.41, 5.74) is 8.54. The molecule has 0 aliphatic carbocycles. The number of nitrogens with two attached hydrogens (primary N) is 1. The molecule has 1 aromatic carbocycles. The molecular formula is C14H19N3O. The number of aromatic nitrogens is 1. The fraction of sp³-hybridized carbons (Fsp3) is 0.357. The van der Waals surface area contributed by atoms with Gasteiger partial charge in [0.15, 0.2) is 0 Å². The van der Waals surface area contributed by atoms with Crippen LogP contribution in [0.25, 0.3) is 10.9 Å². The minimum Gasteiger partial charge on any atom is -0.357 e. The molecule has 0 spiro atoms. The zero-order valence-corrected chi connectivity index (χ0v) is 11.0. The summed E-state index contributed by atoms with van der Waals surface area (Å²) in [6, 6.07) is 7.98. The van der Waals surface area contributed by atoms with Crippen molar-refractivity contribution in [2.45, 2.75) is 13.8 Å². The van der Waals surface area contributed by atoms with Gasteiger partial charge in [0, 0.05) is 36.1 Å². The second-order valence-corrected chi connectivity index (χ2v) is 4.68. The lowest BCUT2D eigenvalue weighted by Crippen LogP contribution is -2.35. The fourth-order valence-electron chi connectivity index (χ4n) is 2.24. The first-order chi connectivity index (χ1) is 8.56. The number of aryl methyl sites for hydroxylation is 1. The lowest BCUT2D eigenvalue weighted by molar-refractivity contribution is -0.121. The SMILES string of the molecule is Cc1[nH]c2ccccc2c1N(C)C(=O)C(C)CN. The van der Waals surface area contributed by atoms with E-state index in [1.54, 1.807) is 11.9 Å². The van der Waals surface area contributed by atoms with E-state index >= 15 is 0 Å². The summed E-state index contributed by atoms with van der Waals surface area (Å²) in [5, 5.41) is 1.06. The van der Waals surface area contributed by atoms with E-state index < -0.39 is 0 Å². The number of benzene rings is 1. The van der Waals surface area contributed by atoms with Gasteiger partial charge < -0.3 is 15.6 Å². The quantitative estimate of drug-likeness (QED) is 0.869. The molecule has 4 nitrogen and oxygen atoms in total. The van der Waals surface area contributed by atoms with E-state index in [9.17, 15) is 4.79 Å². The average molecular weight is 245 g/mol. The number of anilines is 1. The Morgan fingerprint density at radius 2 is 2.11 bits per heavy atom. The third kappa shape index (κ3) is 1.99. The first kappa shape index (κ1) is 12.6. The zero-order chi connectivity index (χ0) is 13.3. The maximum Gasteiger partial charge on any atom is 0.230 e. The molecule has 0 fully saturated rings. The Balaban J connectivity index is 2.47. The van der Waals surface area contributed by atoms with Crippen LogP contribution in [0.2, 0.25) is 0 Å². The van der Waals surface area contributed by atoms with Crippen LogP contribution < -0.4 is 10.6 Å². The third-order valence-corrected chi connectivity index (χ3v) is 3.30. The van der Waals surface area contributed by atoms with Gasteiger partial charge in [-0.05, 0) is 13.0 Å². The number of fused-ring (bicyclic) bond motifs is 1. The van der Waals surface area contributed by atoms with E-state index in [0.29, 0.717) is 6.54 Å². The largest absolute Gasteiger partial charge is 0.357 e. The van der Waals surface area contributed by atoms with Crippen LogP contribution >= 0.6 is 0 Å². The third-order valence-electron chi connectivity index (χ3n) is 3.30. The van der Waals surface area contributed by atoms with Gasteiger partial charge >= 0.3 is 0 Å². The standard InChI is InChI=1S/C14H19N3O/c1-9(8-15)14(18)17(3)13-10(2)16-12-7-5-4-6-11(12)13/h4-7,9,16H,8,15H2,1-3H3. The molecule has 1 unspecified atom stereocenters. The summed E-state index contributed by atoms with van der Waals surface area (Å²) in [7, 11) is 1.80. The lowest BCUT2D eigenvalue weighted by atomic mass is 10.1. The average Bonchev–Trinajstić information content (AvgIpc) is 2.71. The van der Waals surface area contributed by atoms with Gasteiger partial charge in [0.2, 0.25) is 5.91 Å². The predicted molar refractivity (Wildman–Crippen MR) is 74.7 cm³/mol. The first-order valence-electron chi connectivity index (χ1n) is 6.11. The molecule has 18 heavy (non-hydrogen) atoms. The van der Waals surface area contributed by atoms with Gasteiger partial charge in [-0.15, -0.1) is 0 Å². The van der Waals surface area contributed by atoms with Crippen molar-refractivity contribution in [1.82, 2.24) is 4.98 Å². The van der Waals surface area contributed by atoms with E-state index in [1.165, 1.54) is 0 Å². The molecule has 0 aliphatic heterocycles. The molecule has 0 bridgehead atoms. The van der Waals surface area contributed by atoms with Crippen molar-refractivity contribution in [2.24, 2.45) is 11.7 Å². The molecule has 0 aliphatic rings. The molecule has 1 aromatic heterocycles. The van der Waals surface area contributed by atoms with Crippen LogP contribution in [0.1, 0.15) is 12.6 Å². The van der Waals surface area contributed by atoms with Gasteiger partial charge in [0.25, 0.3) is 0 Å². The molecule has 2 aromatic rings. The second-order valence-electron chi connectivity index (χ2n) is 4.68.